The van der Waals surface area contributed by atoms with Crippen LogP contribution in [0.15, 0.2) is 34.5 Å². The van der Waals surface area contributed by atoms with E-state index < -0.39 is 92.4 Å². The summed E-state index contributed by atoms with van der Waals surface area (Å²) in [5, 5.41) is 20.9. The Bertz CT molecular complexity index is 1720. The third-order valence-electron chi connectivity index (χ3n) is 7.13. The molecule has 0 amide bonds. The van der Waals surface area contributed by atoms with E-state index in [0.29, 0.717) is 22.5 Å². The number of hydrogen-bond acceptors (Lipinski definition) is 18. The second kappa shape index (κ2) is 14.8. The Balaban J connectivity index is 1.34. The quantitative estimate of drug-likeness (QED) is 0.106. The zero-order valence-corrected chi connectivity index (χ0v) is 27.0. The maximum Gasteiger partial charge on any atom is 0.509 e. The van der Waals surface area contributed by atoms with Crippen LogP contribution in [-0.4, -0.2) is 108 Å². The van der Waals surface area contributed by atoms with Crippen LogP contribution < -0.4 is 17.0 Å². The number of methoxy groups -OCH3 is 1. The van der Waals surface area contributed by atoms with E-state index in [1.807, 2.05) is 0 Å². The number of carbonyl (C=O) groups is 1. The number of anilines is 1. The maximum absolute atomic E-state index is 14.2. The normalized spacial score (nSPS) is 27.3. The minimum absolute atomic E-state index is 0.0935. The van der Waals surface area contributed by atoms with Crippen LogP contribution in [-0.2, 0) is 37.3 Å². The minimum atomic E-state index is -4.38. The Morgan fingerprint density at radius 3 is 2.70 bits per heavy atom. The van der Waals surface area contributed by atoms with Crippen molar-refractivity contribution in [3.63, 3.8) is 0 Å². The smallest absolute Gasteiger partial charge is 0.432 e. The van der Waals surface area contributed by atoms with E-state index in [4.69, 9.17) is 38.5 Å². The fourth-order valence-electron chi connectivity index (χ4n) is 4.98. The standard InChI is InChI=1S/C25H34N7O13PS/c1-12(2)42-25(37)40-11-47-46(38,45-19-14(7-33)44-23(20(19)39-3)31-5-4-16(35)30-24(31)36)41-8-15-13(34)6-17(43-15)32-10-29-18-21(26)27-9-28-22(18)32/h4-5,9-10,12-15,17,19-20,23,33-34H,6-8,11H2,1-3H3,(H2,26,27,28)(H,30,35,36)/t13?,14-,15-,17-,19?,20+,23-,46-/m1/s1. The fraction of sp³-hybridized carbons (Fsp3) is 0.600. The van der Waals surface area contributed by atoms with Gasteiger partial charge in [-0.2, -0.15) is 0 Å². The van der Waals surface area contributed by atoms with Gasteiger partial charge in [0.2, 0.25) is 0 Å². The van der Waals surface area contributed by atoms with Crippen molar-refractivity contribution in [3.8, 4) is 0 Å². The third-order valence-corrected chi connectivity index (χ3v) is 10.5. The van der Waals surface area contributed by atoms with Crippen molar-refractivity contribution >= 4 is 41.3 Å². The average molecular weight is 704 g/mol. The van der Waals surface area contributed by atoms with Crippen molar-refractivity contribution in [2.75, 3.05) is 32.0 Å². The highest BCUT2D eigenvalue weighted by Crippen LogP contribution is 2.63. The molecule has 5 N–H and O–H groups in total. The van der Waals surface area contributed by atoms with Gasteiger partial charge in [-0.25, -0.2) is 29.1 Å². The molecule has 0 radical (unpaired) electrons. The number of imidazole rings is 1. The van der Waals surface area contributed by atoms with Crippen LogP contribution in [0.5, 0.6) is 0 Å². The molecule has 2 aliphatic heterocycles. The summed E-state index contributed by atoms with van der Waals surface area (Å²) in [5.41, 5.74) is 5.13. The molecule has 8 atom stereocenters. The molecule has 0 saturated carbocycles. The molecule has 0 spiro atoms. The SMILES string of the molecule is CO[C@H]1C(O[P@@](=O)(OC[C@H]2O[C@@H](n3cnc4c(N)ncnc43)CC2O)SCOC(=O)OC(C)C)[C@@H](CO)O[C@H]1n1ccc(=O)[nH]c1=O. The van der Waals surface area contributed by atoms with Gasteiger partial charge in [-0.05, 0) is 13.8 Å². The van der Waals surface area contributed by atoms with Crippen LogP contribution in [0.1, 0.15) is 32.7 Å². The Hall–Kier alpha value is -3.40. The molecule has 0 aliphatic carbocycles. The molecule has 2 unspecified atom stereocenters. The Morgan fingerprint density at radius 2 is 2.00 bits per heavy atom. The van der Waals surface area contributed by atoms with Gasteiger partial charge < -0.3 is 39.6 Å². The van der Waals surface area contributed by atoms with E-state index in [-0.39, 0.29) is 12.2 Å². The molecule has 5 heterocycles. The van der Waals surface area contributed by atoms with Crippen molar-refractivity contribution < 1.29 is 52.3 Å². The van der Waals surface area contributed by atoms with Crippen molar-refractivity contribution in [3.05, 3.63) is 45.8 Å². The molecule has 20 nitrogen and oxygen atoms in total. The lowest BCUT2D eigenvalue weighted by Crippen LogP contribution is -2.39. The number of aliphatic hydroxyl groups excluding tert-OH is 2. The molecular weight excluding hydrogens is 669 g/mol. The van der Waals surface area contributed by atoms with Crippen molar-refractivity contribution in [2.45, 2.75) is 69.3 Å². The number of nitrogens with zero attached hydrogens (tertiary/aromatic N) is 5. The van der Waals surface area contributed by atoms with Crippen LogP contribution in [0.3, 0.4) is 0 Å². The van der Waals surface area contributed by atoms with Crippen molar-refractivity contribution in [2.24, 2.45) is 0 Å². The highest BCUT2D eigenvalue weighted by Gasteiger charge is 2.51. The zero-order chi connectivity index (χ0) is 33.9. The van der Waals surface area contributed by atoms with Gasteiger partial charge in [0.15, 0.2) is 23.6 Å². The summed E-state index contributed by atoms with van der Waals surface area (Å²) in [5.74, 6) is -0.375. The van der Waals surface area contributed by atoms with E-state index in [9.17, 15) is 29.2 Å². The van der Waals surface area contributed by atoms with Crippen LogP contribution >= 0.6 is 18.2 Å². The molecule has 3 aromatic heterocycles. The van der Waals surface area contributed by atoms with Gasteiger partial charge >= 0.3 is 18.6 Å². The number of aromatic amines is 1. The van der Waals surface area contributed by atoms with Gasteiger partial charge in [-0.1, -0.05) is 0 Å². The van der Waals surface area contributed by atoms with Gasteiger partial charge in [0.25, 0.3) is 5.56 Å². The lowest BCUT2D eigenvalue weighted by molar-refractivity contribution is -0.0625. The minimum Gasteiger partial charge on any atom is -0.432 e. The molecule has 258 valence electrons. The number of ether oxygens (including phenoxy) is 5. The molecule has 2 aliphatic rings. The van der Waals surface area contributed by atoms with Gasteiger partial charge in [-0.15, -0.1) is 0 Å². The second-order valence-electron chi connectivity index (χ2n) is 10.6. The third kappa shape index (κ3) is 7.85. The summed E-state index contributed by atoms with van der Waals surface area (Å²) in [6.45, 7) is -2.26. The Morgan fingerprint density at radius 1 is 1.21 bits per heavy atom. The highest BCUT2D eigenvalue weighted by atomic mass is 32.7. The number of carbonyl (C=O) groups excluding carboxylic acids is 1. The first kappa shape index (κ1) is 34.9. The number of nitrogens with two attached hydrogens (primary N) is 1. The first-order valence-corrected chi connectivity index (χ1v) is 17.3. The predicted molar refractivity (Wildman–Crippen MR) is 161 cm³/mol. The number of nitrogens with one attached hydrogen (secondary N) is 1. The predicted octanol–water partition coefficient (Wildman–Crippen LogP) is 0.274. The summed E-state index contributed by atoms with van der Waals surface area (Å²) in [4.78, 5) is 50.5. The summed E-state index contributed by atoms with van der Waals surface area (Å²) in [7, 11) is 1.28. The number of H-pyrrole nitrogens is 1. The molecular formula is C25H34N7O13PS. The maximum atomic E-state index is 14.2. The number of nitrogen functional groups attached to an aromatic ring is 1. The molecule has 0 bridgehead atoms. The molecule has 3 aromatic rings. The van der Waals surface area contributed by atoms with Crippen LogP contribution in [0, 0.1) is 0 Å². The number of hydrogen-bond donors (Lipinski definition) is 4. The van der Waals surface area contributed by atoms with E-state index in [0.717, 1.165) is 10.6 Å². The van der Waals surface area contributed by atoms with E-state index in [1.165, 1.54) is 26.0 Å². The molecule has 47 heavy (non-hydrogen) atoms. The first-order valence-electron chi connectivity index (χ1n) is 14.2. The zero-order valence-electron chi connectivity index (χ0n) is 25.3. The summed E-state index contributed by atoms with van der Waals surface area (Å²) < 4.78 is 55.8. The van der Waals surface area contributed by atoms with E-state index in [1.54, 1.807) is 18.4 Å². The number of aromatic nitrogens is 6. The number of fused-ring (bicyclic) bond motifs is 1. The monoisotopic (exact) mass is 703 g/mol. The van der Waals surface area contributed by atoms with Gasteiger partial charge in [-0.3, -0.25) is 28.0 Å². The lowest BCUT2D eigenvalue weighted by atomic mass is 10.1. The first-order chi connectivity index (χ1) is 22.4. The van der Waals surface area contributed by atoms with Gasteiger partial charge in [0.1, 0.15) is 42.5 Å². The molecule has 0 aromatic carbocycles. The van der Waals surface area contributed by atoms with Gasteiger partial charge in [0, 0.05) is 37.2 Å². The molecule has 2 fully saturated rings. The van der Waals surface area contributed by atoms with E-state index >= 15 is 0 Å². The average Bonchev–Trinajstić information content (AvgIpc) is 3.71. The van der Waals surface area contributed by atoms with Crippen LogP contribution in [0.2, 0.25) is 0 Å². The largest absolute Gasteiger partial charge is 0.509 e. The van der Waals surface area contributed by atoms with Crippen molar-refractivity contribution in [1.29, 1.82) is 0 Å². The van der Waals surface area contributed by atoms with Crippen LogP contribution in [0.25, 0.3) is 11.2 Å². The number of aliphatic hydroxyl groups is 2. The second-order valence-corrected chi connectivity index (χ2v) is 14.6. The lowest BCUT2D eigenvalue weighted by Gasteiger charge is -2.28. The van der Waals surface area contributed by atoms with Crippen LogP contribution in [0.4, 0.5) is 10.6 Å². The molecule has 22 heteroatoms. The highest BCUT2D eigenvalue weighted by molar-refractivity contribution is 8.55. The topological polar surface area (TPSA) is 264 Å². The van der Waals surface area contributed by atoms with Gasteiger partial charge in [0.05, 0.1) is 31.7 Å². The fourth-order valence-corrected chi connectivity index (χ4v) is 7.77. The Kier molecular flexibility index (Phi) is 11.0. The molecule has 5 rings (SSSR count). The Labute approximate surface area is 269 Å². The van der Waals surface area contributed by atoms with E-state index in [2.05, 4.69) is 19.9 Å². The summed E-state index contributed by atoms with van der Waals surface area (Å²) in [6, 6.07) is 1.09. The van der Waals surface area contributed by atoms with Crippen molar-refractivity contribution in [1.82, 2.24) is 29.1 Å². The summed E-state index contributed by atoms with van der Waals surface area (Å²) >= 11 is 0.476. The summed E-state index contributed by atoms with van der Waals surface area (Å²) in [6.07, 6.45) is -5.23. The number of rotatable bonds is 13. The molecule has 2 saturated heterocycles.